The smallest absolute Gasteiger partial charge is 0.248 e. The minimum atomic E-state index is -0.449. The predicted molar refractivity (Wildman–Crippen MR) is 112 cm³/mol. The lowest BCUT2D eigenvalue weighted by Gasteiger charge is -2.17. The molecule has 1 aromatic heterocycles. The third-order valence-electron chi connectivity index (χ3n) is 5.46. The molecule has 3 aromatic rings. The molecule has 148 valence electrons. The topological polar surface area (TPSA) is 102 Å². The molecule has 2 aliphatic rings. The molecule has 0 spiro atoms. The Morgan fingerprint density at radius 1 is 1.17 bits per heavy atom. The standard InChI is InChI=1S/C22H23N5O2/c23-21(28)14-3-5-16(6-4-14)26-22-25-11-15-9-18(13-1-2-13)20(10-19(15)27-22)29-17-7-8-24-12-17/h3-6,9-11,13,17,24H,1-2,7-8,12H2,(H2,23,28)(H,25,26,27)/t17-/m1/s1. The van der Waals surface area contributed by atoms with Gasteiger partial charge in [-0.3, -0.25) is 4.79 Å². The minimum Gasteiger partial charge on any atom is -0.489 e. The van der Waals surface area contributed by atoms with Crippen LogP contribution in [0, 0.1) is 0 Å². The molecule has 0 bridgehead atoms. The van der Waals surface area contributed by atoms with E-state index in [-0.39, 0.29) is 6.10 Å². The zero-order chi connectivity index (χ0) is 19.8. The Hall–Kier alpha value is -3.19. The summed E-state index contributed by atoms with van der Waals surface area (Å²) in [4.78, 5) is 20.3. The van der Waals surface area contributed by atoms with E-state index in [1.54, 1.807) is 24.3 Å². The number of carbonyl (C=O) groups excluding carboxylic acids is 1. The lowest BCUT2D eigenvalue weighted by molar-refractivity contribution is 0.100. The minimum absolute atomic E-state index is 0.216. The first-order valence-electron chi connectivity index (χ1n) is 10.0. The van der Waals surface area contributed by atoms with Gasteiger partial charge in [0.15, 0.2) is 0 Å². The van der Waals surface area contributed by atoms with E-state index in [4.69, 9.17) is 10.5 Å². The van der Waals surface area contributed by atoms with Crippen molar-refractivity contribution in [3.8, 4) is 5.75 Å². The maximum Gasteiger partial charge on any atom is 0.248 e. The van der Waals surface area contributed by atoms with Gasteiger partial charge < -0.3 is 21.1 Å². The van der Waals surface area contributed by atoms with Gasteiger partial charge in [-0.1, -0.05) is 0 Å². The fourth-order valence-corrected chi connectivity index (χ4v) is 3.71. The summed E-state index contributed by atoms with van der Waals surface area (Å²) in [5, 5.41) is 7.54. The maximum absolute atomic E-state index is 11.2. The second-order valence-electron chi connectivity index (χ2n) is 7.72. The van der Waals surface area contributed by atoms with Crippen LogP contribution in [0.2, 0.25) is 0 Å². The first-order chi connectivity index (χ1) is 14.2. The number of nitrogens with one attached hydrogen (secondary N) is 2. The molecule has 1 aliphatic heterocycles. The van der Waals surface area contributed by atoms with Crippen LogP contribution in [0.1, 0.15) is 41.1 Å². The van der Waals surface area contributed by atoms with Gasteiger partial charge in [0, 0.05) is 35.4 Å². The molecular weight excluding hydrogens is 366 g/mol. The zero-order valence-corrected chi connectivity index (χ0v) is 16.0. The number of nitrogens with zero attached hydrogens (tertiary/aromatic N) is 2. The third-order valence-corrected chi connectivity index (χ3v) is 5.46. The number of aromatic nitrogens is 2. The number of fused-ring (bicyclic) bond motifs is 1. The number of nitrogens with two attached hydrogens (primary N) is 1. The van der Waals surface area contributed by atoms with Crippen molar-refractivity contribution in [3.05, 3.63) is 53.7 Å². The van der Waals surface area contributed by atoms with Crippen molar-refractivity contribution in [1.29, 1.82) is 0 Å². The van der Waals surface area contributed by atoms with E-state index in [1.165, 1.54) is 18.4 Å². The van der Waals surface area contributed by atoms with E-state index < -0.39 is 5.91 Å². The van der Waals surface area contributed by atoms with Crippen molar-refractivity contribution in [1.82, 2.24) is 15.3 Å². The Morgan fingerprint density at radius 3 is 2.69 bits per heavy atom. The average Bonchev–Trinajstić information content (AvgIpc) is 3.44. The van der Waals surface area contributed by atoms with Gasteiger partial charge in [0.05, 0.1) is 5.52 Å². The summed E-state index contributed by atoms with van der Waals surface area (Å²) in [7, 11) is 0. The summed E-state index contributed by atoms with van der Waals surface area (Å²) in [6, 6.07) is 11.1. The molecule has 2 heterocycles. The largest absolute Gasteiger partial charge is 0.489 e. The first-order valence-corrected chi connectivity index (χ1v) is 10.0. The van der Waals surface area contributed by atoms with E-state index in [0.29, 0.717) is 17.4 Å². The van der Waals surface area contributed by atoms with E-state index in [1.807, 2.05) is 12.3 Å². The Morgan fingerprint density at radius 2 is 2.00 bits per heavy atom. The SMILES string of the molecule is NC(=O)c1ccc(Nc2ncc3cc(C4CC4)c(O[C@@H]4CCNC4)cc3n2)cc1. The van der Waals surface area contributed by atoms with Crippen molar-refractivity contribution < 1.29 is 9.53 Å². The van der Waals surface area contributed by atoms with Gasteiger partial charge >= 0.3 is 0 Å². The molecular formula is C22H23N5O2. The Kier molecular flexibility index (Phi) is 4.52. The van der Waals surface area contributed by atoms with Gasteiger partial charge in [-0.25, -0.2) is 9.97 Å². The summed E-state index contributed by atoms with van der Waals surface area (Å²) in [6.45, 7) is 1.89. The van der Waals surface area contributed by atoms with Crippen molar-refractivity contribution in [3.63, 3.8) is 0 Å². The van der Waals surface area contributed by atoms with Crippen LogP contribution < -0.4 is 21.1 Å². The normalized spacial score (nSPS) is 18.7. The molecule has 4 N–H and O–H groups in total. The molecule has 2 fully saturated rings. The van der Waals surface area contributed by atoms with Gasteiger partial charge in [0.1, 0.15) is 11.9 Å². The van der Waals surface area contributed by atoms with Crippen LogP contribution in [0.15, 0.2) is 42.6 Å². The number of carbonyl (C=O) groups is 1. The van der Waals surface area contributed by atoms with E-state index in [2.05, 4.69) is 26.7 Å². The fraction of sp³-hybridized carbons (Fsp3) is 0.318. The fourth-order valence-electron chi connectivity index (χ4n) is 3.71. The first kappa shape index (κ1) is 17.9. The molecule has 1 aliphatic carbocycles. The average molecular weight is 389 g/mol. The van der Waals surface area contributed by atoms with Crippen LogP contribution in [0.5, 0.6) is 5.75 Å². The Balaban J connectivity index is 1.43. The highest BCUT2D eigenvalue weighted by molar-refractivity contribution is 5.93. The molecule has 1 saturated carbocycles. The molecule has 5 rings (SSSR count). The van der Waals surface area contributed by atoms with Crippen LogP contribution in [0.25, 0.3) is 10.9 Å². The third kappa shape index (κ3) is 3.86. The summed E-state index contributed by atoms with van der Waals surface area (Å²) < 4.78 is 6.32. The maximum atomic E-state index is 11.2. The van der Waals surface area contributed by atoms with Gasteiger partial charge in [0.2, 0.25) is 11.9 Å². The Bertz CT molecular complexity index is 1060. The van der Waals surface area contributed by atoms with Crippen molar-refractivity contribution in [2.24, 2.45) is 5.73 Å². The summed E-state index contributed by atoms with van der Waals surface area (Å²) in [5.41, 5.74) is 8.66. The highest BCUT2D eigenvalue weighted by atomic mass is 16.5. The lowest BCUT2D eigenvalue weighted by Crippen LogP contribution is -2.20. The second kappa shape index (κ2) is 7.33. The van der Waals surface area contributed by atoms with Crippen LogP contribution in [0.3, 0.4) is 0 Å². The highest BCUT2D eigenvalue weighted by Crippen LogP contribution is 2.45. The van der Waals surface area contributed by atoms with Gasteiger partial charge in [-0.2, -0.15) is 0 Å². The summed E-state index contributed by atoms with van der Waals surface area (Å²) in [6.07, 6.45) is 5.52. The van der Waals surface area contributed by atoms with Crippen molar-refractivity contribution in [2.45, 2.75) is 31.3 Å². The molecule has 29 heavy (non-hydrogen) atoms. The molecule has 0 radical (unpaired) electrons. The number of primary amides is 1. The van der Waals surface area contributed by atoms with Gasteiger partial charge in [-0.15, -0.1) is 0 Å². The predicted octanol–water partition coefficient (Wildman–Crippen LogP) is 3.09. The second-order valence-corrected chi connectivity index (χ2v) is 7.72. The van der Waals surface area contributed by atoms with E-state index >= 15 is 0 Å². The van der Waals surface area contributed by atoms with Crippen molar-refractivity contribution in [2.75, 3.05) is 18.4 Å². The number of rotatable bonds is 6. The molecule has 2 aromatic carbocycles. The number of amides is 1. The van der Waals surface area contributed by atoms with E-state index in [9.17, 15) is 4.79 Å². The number of hydrogen-bond donors (Lipinski definition) is 3. The summed E-state index contributed by atoms with van der Waals surface area (Å²) >= 11 is 0. The number of anilines is 2. The molecule has 7 heteroatoms. The van der Waals surface area contributed by atoms with Crippen LogP contribution in [-0.2, 0) is 0 Å². The summed E-state index contributed by atoms with van der Waals surface area (Å²) in [5.74, 6) is 1.58. The molecule has 0 unspecified atom stereocenters. The van der Waals surface area contributed by atoms with Crippen molar-refractivity contribution >= 4 is 28.4 Å². The van der Waals surface area contributed by atoms with Crippen LogP contribution >= 0.6 is 0 Å². The van der Waals surface area contributed by atoms with Gasteiger partial charge in [0.25, 0.3) is 0 Å². The molecule has 1 atom stereocenters. The van der Waals surface area contributed by atoms with Crippen LogP contribution in [0.4, 0.5) is 11.6 Å². The molecule has 7 nitrogen and oxygen atoms in total. The number of hydrogen-bond acceptors (Lipinski definition) is 6. The molecule has 1 amide bonds. The lowest BCUT2D eigenvalue weighted by atomic mass is 10.1. The van der Waals surface area contributed by atoms with Gasteiger partial charge in [-0.05, 0) is 67.6 Å². The number of ether oxygens (including phenoxy) is 1. The van der Waals surface area contributed by atoms with Crippen LogP contribution in [-0.4, -0.2) is 35.1 Å². The highest BCUT2D eigenvalue weighted by Gasteiger charge is 2.29. The zero-order valence-electron chi connectivity index (χ0n) is 16.0. The Labute approximate surface area is 168 Å². The number of benzene rings is 2. The molecule has 1 saturated heterocycles. The van der Waals surface area contributed by atoms with E-state index in [0.717, 1.165) is 41.9 Å². The quantitative estimate of drug-likeness (QED) is 0.599. The monoisotopic (exact) mass is 389 g/mol.